The van der Waals surface area contributed by atoms with Gasteiger partial charge in [0.2, 0.25) is 21.7 Å². The monoisotopic (exact) mass is 436 g/mol. The Morgan fingerprint density at radius 3 is 2.13 bits per heavy atom. The van der Waals surface area contributed by atoms with Crippen molar-refractivity contribution in [1.82, 2.24) is 5.32 Å². The van der Waals surface area contributed by atoms with Crippen molar-refractivity contribution in [3.05, 3.63) is 47.5 Å². The summed E-state index contributed by atoms with van der Waals surface area (Å²) in [6.07, 6.45) is 1.08. The van der Waals surface area contributed by atoms with E-state index in [4.69, 9.17) is 14.2 Å². The Labute approximate surface area is 177 Å². The van der Waals surface area contributed by atoms with Crippen LogP contribution in [0.25, 0.3) is 0 Å². The second kappa shape index (κ2) is 9.71. The Hall–Kier alpha value is -2.94. The summed E-state index contributed by atoms with van der Waals surface area (Å²) in [6.45, 7) is 3.57. The van der Waals surface area contributed by atoms with Gasteiger partial charge in [0, 0.05) is 6.54 Å². The fraction of sp³-hybridized carbons (Fsp3) is 0.381. The van der Waals surface area contributed by atoms with E-state index >= 15 is 0 Å². The van der Waals surface area contributed by atoms with Crippen molar-refractivity contribution in [1.29, 1.82) is 0 Å². The number of hydrogen-bond donors (Lipinski definition) is 1. The van der Waals surface area contributed by atoms with Crippen LogP contribution in [0.5, 0.6) is 17.2 Å². The van der Waals surface area contributed by atoms with Crippen molar-refractivity contribution in [3.63, 3.8) is 0 Å². The molecule has 2 aromatic carbocycles. The molecule has 0 saturated heterocycles. The summed E-state index contributed by atoms with van der Waals surface area (Å²) in [4.78, 5) is 12.8. The van der Waals surface area contributed by atoms with Gasteiger partial charge in [0.05, 0.1) is 33.3 Å². The van der Waals surface area contributed by atoms with Gasteiger partial charge in [0.15, 0.2) is 11.5 Å². The lowest BCUT2D eigenvalue weighted by Gasteiger charge is -2.28. The van der Waals surface area contributed by atoms with Crippen LogP contribution in [0, 0.1) is 6.92 Å². The number of sulfonamides is 1. The molecule has 0 spiro atoms. The number of carbonyl (C=O) groups excluding carboxylic acids is 1. The van der Waals surface area contributed by atoms with E-state index < -0.39 is 22.0 Å². The van der Waals surface area contributed by atoms with Gasteiger partial charge >= 0.3 is 0 Å². The van der Waals surface area contributed by atoms with E-state index in [0.717, 1.165) is 16.1 Å². The highest BCUT2D eigenvalue weighted by atomic mass is 32.2. The van der Waals surface area contributed by atoms with Gasteiger partial charge in [-0.05, 0) is 49.2 Å². The van der Waals surface area contributed by atoms with E-state index in [1.807, 2.05) is 13.0 Å². The largest absolute Gasteiger partial charge is 0.493 e. The van der Waals surface area contributed by atoms with E-state index in [2.05, 4.69) is 5.32 Å². The Bertz CT molecular complexity index is 981. The van der Waals surface area contributed by atoms with Crippen LogP contribution in [-0.2, 0) is 21.4 Å². The summed E-state index contributed by atoms with van der Waals surface area (Å²) >= 11 is 0. The smallest absolute Gasteiger partial charge is 0.243 e. The number of anilines is 1. The molecule has 1 N–H and O–H groups in total. The normalized spacial score (nSPS) is 12.1. The molecule has 1 atom stereocenters. The number of aryl methyl sites for hydroxylation is 1. The van der Waals surface area contributed by atoms with Crippen LogP contribution >= 0.6 is 0 Å². The Morgan fingerprint density at radius 2 is 1.67 bits per heavy atom. The van der Waals surface area contributed by atoms with Crippen LogP contribution in [-0.4, -0.2) is 48.0 Å². The van der Waals surface area contributed by atoms with Crippen molar-refractivity contribution in [2.45, 2.75) is 26.4 Å². The fourth-order valence-electron chi connectivity index (χ4n) is 3.15. The summed E-state index contributed by atoms with van der Waals surface area (Å²) < 4.78 is 41.8. The van der Waals surface area contributed by atoms with Gasteiger partial charge in [-0.2, -0.15) is 0 Å². The third-order valence-corrected chi connectivity index (χ3v) is 5.78. The number of hydrogen-bond acceptors (Lipinski definition) is 6. The Balaban J connectivity index is 2.24. The topological polar surface area (TPSA) is 94.2 Å². The summed E-state index contributed by atoms with van der Waals surface area (Å²) in [5, 5.41) is 2.78. The maximum atomic E-state index is 12.8. The third kappa shape index (κ3) is 5.35. The highest BCUT2D eigenvalue weighted by molar-refractivity contribution is 7.92. The molecule has 30 heavy (non-hydrogen) atoms. The second-order valence-electron chi connectivity index (χ2n) is 6.83. The number of nitrogens with one attached hydrogen (secondary N) is 1. The summed E-state index contributed by atoms with van der Waals surface area (Å²) in [7, 11) is 0.847. The molecular formula is C21H28N2O6S. The van der Waals surface area contributed by atoms with Gasteiger partial charge < -0.3 is 19.5 Å². The van der Waals surface area contributed by atoms with Crippen LogP contribution in [0.2, 0.25) is 0 Å². The van der Waals surface area contributed by atoms with Gasteiger partial charge in [0.25, 0.3) is 0 Å². The molecule has 0 aliphatic heterocycles. The van der Waals surface area contributed by atoms with Crippen molar-refractivity contribution < 1.29 is 27.4 Å². The third-order valence-electron chi connectivity index (χ3n) is 4.54. The second-order valence-corrected chi connectivity index (χ2v) is 8.68. The molecule has 2 aromatic rings. The maximum absolute atomic E-state index is 12.8. The number of carbonyl (C=O) groups is 1. The summed E-state index contributed by atoms with van der Waals surface area (Å²) in [6, 6.07) is 9.51. The van der Waals surface area contributed by atoms with Crippen molar-refractivity contribution in [2.24, 2.45) is 0 Å². The molecule has 0 heterocycles. The molecule has 9 heteroatoms. The molecule has 8 nitrogen and oxygen atoms in total. The van der Waals surface area contributed by atoms with Crippen molar-refractivity contribution >= 4 is 21.6 Å². The molecule has 164 valence electrons. The zero-order valence-corrected chi connectivity index (χ0v) is 18.9. The van der Waals surface area contributed by atoms with Crippen LogP contribution in [0.1, 0.15) is 18.1 Å². The minimum absolute atomic E-state index is 0.158. The van der Waals surface area contributed by atoms with Crippen LogP contribution in [0.4, 0.5) is 5.69 Å². The predicted octanol–water partition coefficient (Wildman–Crippen LogP) is 2.49. The number of ether oxygens (including phenoxy) is 3. The standard InChI is InChI=1S/C21H28N2O6S/c1-14-8-7-9-17(10-14)23(30(6,25)26)15(2)21(24)22-13-16-11-18(27-3)20(29-5)19(12-16)28-4/h7-12,15H,13H2,1-6H3,(H,22,24). The molecular weight excluding hydrogens is 408 g/mol. The molecule has 0 bridgehead atoms. The zero-order valence-electron chi connectivity index (χ0n) is 18.1. The van der Waals surface area contributed by atoms with E-state index in [0.29, 0.717) is 28.5 Å². The number of methoxy groups -OCH3 is 3. The lowest BCUT2D eigenvalue weighted by molar-refractivity contribution is -0.122. The van der Waals surface area contributed by atoms with Crippen molar-refractivity contribution in [3.8, 4) is 17.2 Å². The molecule has 0 aliphatic carbocycles. The Kier molecular flexibility index (Phi) is 7.55. The Morgan fingerprint density at radius 1 is 1.07 bits per heavy atom. The molecule has 0 fully saturated rings. The molecule has 0 aliphatic rings. The van der Waals surface area contributed by atoms with Gasteiger partial charge in [-0.3, -0.25) is 9.10 Å². The highest BCUT2D eigenvalue weighted by Crippen LogP contribution is 2.38. The lowest BCUT2D eigenvalue weighted by Crippen LogP contribution is -2.47. The SMILES string of the molecule is COc1cc(CNC(=O)C(C)N(c2cccc(C)c2)S(C)(=O)=O)cc(OC)c1OC. The predicted molar refractivity (Wildman–Crippen MR) is 116 cm³/mol. The van der Waals surface area contributed by atoms with Crippen LogP contribution < -0.4 is 23.8 Å². The molecule has 2 rings (SSSR count). The molecule has 0 radical (unpaired) electrons. The highest BCUT2D eigenvalue weighted by Gasteiger charge is 2.29. The number of amides is 1. The first-order chi connectivity index (χ1) is 14.1. The van der Waals surface area contributed by atoms with Gasteiger partial charge in [-0.15, -0.1) is 0 Å². The minimum Gasteiger partial charge on any atom is -0.493 e. The molecule has 0 saturated carbocycles. The average molecular weight is 437 g/mol. The molecule has 0 aromatic heterocycles. The number of benzene rings is 2. The van der Waals surface area contributed by atoms with Crippen molar-refractivity contribution in [2.75, 3.05) is 31.9 Å². The summed E-state index contributed by atoms with van der Waals surface area (Å²) in [5.41, 5.74) is 2.05. The maximum Gasteiger partial charge on any atom is 0.243 e. The van der Waals surface area contributed by atoms with E-state index in [-0.39, 0.29) is 6.54 Å². The number of nitrogens with zero attached hydrogens (tertiary/aromatic N) is 1. The minimum atomic E-state index is -3.68. The summed E-state index contributed by atoms with van der Waals surface area (Å²) in [5.74, 6) is 0.945. The van der Waals surface area contributed by atoms with Crippen LogP contribution in [0.15, 0.2) is 36.4 Å². The van der Waals surface area contributed by atoms with Gasteiger partial charge in [-0.25, -0.2) is 8.42 Å². The average Bonchev–Trinajstić information content (AvgIpc) is 2.70. The first-order valence-corrected chi connectivity index (χ1v) is 11.1. The van der Waals surface area contributed by atoms with Gasteiger partial charge in [0.1, 0.15) is 6.04 Å². The number of rotatable bonds is 9. The fourth-order valence-corrected chi connectivity index (χ4v) is 4.31. The van der Waals surface area contributed by atoms with Crippen LogP contribution in [0.3, 0.4) is 0 Å². The quantitative estimate of drug-likeness (QED) is 0.649. The van der Waals surface area contributed by atoms with Gasteiger partial charge in [-0.1, -0.05) is 12.1 Å². The molecule has 1 amide bonds. The lowest BCUT2D eigenvalue weighted by atomic mass is 10.1. The van der Waals surface area contributed by atoms with E-state index in [9.17, 15) is 13.2 Å². The zero-order chi connectivity index (χ0) is 22.5. The van der Waals surface area contributed by atoms with E-state index in [1.165, 1.54) is 21.3 Å². The van der Waals surface area contributed by atoms with E-state index in [1.54, 1.807) is 37.3 Å². The first kappa shape index (κ1) is 23.3. The molecule has 1 unspecified atom stereocenters. The first-order valence-electron chi connectivity index (χ1n) is 9.25.